The smallest absolute Gasteiger partial charge is 0.226 e. The molecule has 5 heteroatoms. The third-order valence-corrected chi connectivity index (χ3v) is 5.18. The van der Waals surface area contributed by atoms with Crippen LogP contribution in [-0.4, -0.2) is 14.1 Å². The van der Waals surface area contributed by atoms with Crippen LogP contribution in [0.25, 0.3) is 33.6 Å². The van der Waals surface area contributed by atoms with Crippen LogP contribution >= 0.6 is 0 Å². The number of para-hydroxylation sites is 2. The van der Waals surface area contributed by atoms with E-state index in [4.69, 9.17) is 4.98 Å². The molecule has 1 radical (unpaired) electrons. The number of hydrogen-bond acceptors (Lipinski definition) is 1. The molecule has 0 saturated heterocycles. The molecule has 4 nitrogen and oxygen atoms in total. The van der Waals surface area contributed by atoms with Crippen molar-refractivity contribution in [3.8, 4) is 16.8 Å². The first kappa shape index (κ1) is 19.0. The van der Waals surface area contributed by atoms with Gasteiger partial charge in [0, 0.05) is 45.3 Å². The van der Waals surface area contributed by atoms with Crippen molar-refractivity contribution in [3.05, 3.63) is 84.2 Å². The summed E-state index contributed by atoms with van der Waals surface area (Å²) >= 11 is 0. The van der Waals surface area contributed by atoms with E-state index in [1.54, 1.807) is 0 Å². The van der Waals surface area contributed by atoms with E-state index in [1.807, 2.05) is 30.3 Å². The zero-order valence-corrected chi connectivity index (χ0v) is 19.0. The van der Waals surface area contributed by atoms with E-state index in [9.17, 15) is 0 Å². The Labute approximate surface area is 189 Å². The Morgan fingerprint density at radius 2 is 1.75 bits per heavy atom. The normalized spacial score (nSPS) is 11.1. The molecule has 0 fully saturated rings. The number of aryl methyl sites for hydroxylation is 2. The van der Waals surface area contributed by atoms with Crippen molar-refractivity contribution in [2.75, 3.05) is 0 Å². The summed E-state index contributed by atoms with van der Waals surface area (Å²) in [6, 6.07) is 27.1. The van der Waals surface area contributed by atoms with Gasteiger partial charge in [-0.3, -0.25) is 0 Å². The molecule has 0 atom stereocenters. The molecule has 2 aromatic heterocycles. The van der Waals surface area contributed by atoms with E-state index in [0.717, 1.165) is 39.4 Å². The predicted molar refractivity (Wildman–Crippen MR) is 106 cm³/mol. The van der Waals surface area contributed by atoms with Gasteiger partial charge in [0.05, 0.1) is 0 Å². The summed E-state index contributed by atoms with van der Waals surface area (Å²) in [6.45, 7) is 4.24. The Bertz CT molecular complexity index is 1300. The van der Waals surface area contributed by atoms with E-state index in [1.165, 1.54) is 5.56 Å². The number of hydrogen-bond donors (Lipinski definition) is 0. The van der Waals surface area contributed by atoms with Gasteiger partial charge < -0.3 is 0 Å². The van der Waals surface area contributed by atoms with Crippen LogP contribution < -0.4 is 4.68 Å². The van der Waals surface area contributed by atoms with Crippen LogP contribution in [0.3, 0.4) is 0 Å². The van der Waals surface area contributed by atoms with Crippen molar-refractivity contribution in [2.24, 2.45) is 7.05 Å². The summed E-state index contributed by atoms with van der Waals surface area (Å²) in [7, 11) is 2.07. The molecule has 0 spiro atoms. The molecule has 0 bridgehead atoms. The number of nitrogens with zero attached hydrogens (tertiary/aromatic N) is 4. The van der Waals surface area contributed by atoms with E-state index in [0.29, 0.717) is 0 Å². The van der Waals surface area contributed by atoms with Gasteiger partial charge in [0.2, 0.25) is 0 Å². The maximum Gasteiger partial charge on any atom is 0.335 e. The minimum Gasteiger partial charge on any atom is -0.226 e. The number of aromatic nitrogens is 4. The van der Waals surface area contributed by atoms with Crippen molar-refractivity contribution >= 4 is 16.8 Å². The SMILES string of the molecule is Cc1cc(-c2[c-]cccc2)[c-]cc1-n1c2nc3ccccc3n2c(C)[n+]1C.[Y]. The molecule has 2 heterocycles. The van der Waals surface area contributed by atoms with Crippen LogP contribution in [0.1, 0.15) is 11.4 Å². The molecule has 28 heavy (non-hydrogen) atoms. The molecule has 135 valence electrons. The van der Waals surface area contributed by atoms with Crippen molar-refractivity contribution < 1.29 is 37.4 Å². The molecular formula is C23H19N4Y-. The summed E-state index contributed by atoms with van der Waals surface area (Å²) in [5.74, 6) is 2.03. The molecule has 0 amide bonds. The molecule has 0 N–H and O–H groups in total. The first-order valence-electron chi connectivity index (χ1n) is 9.00. The number of benzene rings is 3. The average Bonchev–Trinajstić information content (AvgIpc) is 3.18. The number of rotatable bonds is 2. The van der Waals surface area contributed by atoms with Gasteiger partial charge in [0.25, 0.3) is 5.82 Å². The fourth-order valence-corrected chi connectivity index (χ4v) is 3.70. The third-order valence-electron chi connectivity index (χ3n) is 5.18. The van der Waals surface area contributed by atoms with E-state index < -0.39 is 0 Å². The fraction of sp³-hybridized carbons (Fsp3) is 0.130. The van der Waals surface area contributed by atoms with Crippen LogP contribution in [0, 0.1) is 26.0 Å². The summed E-state index contributed by atoms with van der Waals surface area (Å²) in [5.41, 5.74) is 6.47. The second-order valence-electron chi connectivity index (χ2n) is 6.81. The van der Waals surface area contributed by atoms with Crippen LogP contribution in [0.2, 0.25) is 0 Å². The molecule has 5 rings (SSSR count). The van der Waals surface area contributed by atoms with Gasteiger partial charge in [-0.25, -0.2) is 11.1 Å². The maximum atomic E-state index is 4.88. The van der Waals surface area contributed by atoms with Crippen molar-refractivity contribution in [3.63, 3.8) is 0 Å². The minimum atomic E-state index is 0. The molecule has 0 saturated carbocycles. The van der Waals surface area contributed by atoms with Gasteiger partial charge in [-0.1, -0.05) is 19.1 Å². The van der Waals surface area contributed by atoms with Gasteiger partial charge in [0.1, 0.15) is 12.6 Å². The van der Waals surface area contributed by atoms with Gasteiger partial charge in [-0.05, 0) is 12.1 Å². The molecule has 3 aromatic carbocycles. The molecular weight excluding hydrogens is 421 g/mol. The summed E-state index contributed by atoms with van der Waals surface area (Å²) in [4.78, 5) is 4.88. The molecule has 5 aromatic rings. The topological polar surface area (TPSA) is 26.1 Å². The Kier molecular flexibility index (Phi) is 4.94. The van der Waals surface area contributed by atoms with E-state index in [-0.39, 0.29) is 32.7 Å². The average molecular weight is 440 g/mol. The van der Waals surface area contributed by atoms with Gasteiger partial charge in [0.15, 0.2) is 5.52 Å². The fourth-order valence-electron chi connectivity index (χ4n) is 3.70. The number of imidazole rings is 1. The second kappa shape index (κ2) is 7.27. The van der Waals surface area contributed by atoms with Gasteiger partial charge in [-0.15, -0.1) is 17.7 Å². The molecule has 0 aliphatic heterocycles. The zero-order chi connectivity index (χ0) is 18.5. The maximum absolute atomic E-state index is 4.88. The Morgan fingerprint density at radius 3 is 2.50 bits per heavy atom. The first-order valence-corrected chi connectivity index (χ1v) is 9.00. The van der Waals surface area contributed by atoms with Crippen molar-refractivity contribution in [1.29, 1.82) is 0 Å². The third kappa shape index (κ3) is 2.83. The molecule has 0 unspecified atom stereocenters. The summed E-state index contributed by atoms with van der Waals surface area (Å²) in [6.07, 6.45) is 0. The van der Waals surface area contributed by atoms with Gasteiger partial charge >= 0.3 is 5.78 Å². The Morgan fingerprint density at radius 1 is 0.964 bits per heavy atom. The van der Waals surface area contributed by atoms with Crippen LogP contribution in [0.15, 0.2) is 60.7 Å². The van der Waals surface area contributed by atoms with E-state index in [2.05, 4.69) is 77.1 Å². The standard InChI is InChI=1S/C23H19N4.Y/c1-16-15-19(18-9-5-4-6-10-18)13-14-21(16)27-23-24-20-11-7-8-12-22(20)26(23)17(2)25(27)3;/h4-9,11-12,14-15H,1-3H3;/q-1;. The Hall–Kier alpha value is -2.30. The van der Waals surface area contributed by atoms with E-state index >= 15 is 0 Å². The zero-order valence-electron chi connectivity index (χ0n) is 16.1. The number of fused-ring (bicyclic) bond motifs is 3. The van der Waals surface area contributed by atoms with Crippen LogP contribution in [0.4, 0.5) is 0 Å². The monoisotopic (exact) mass is 440 g/mol. The quantitative estimate of drug-likeness (QED) is 0.301. The van der Waals surface area contributed by atoms with Crippen molar-refractivity contribution in [1.82, 2.24) is 14.1 Å². The van der Waals surface area contributed by atoms with Gasteiger partial charge in [-0.2, -0.15) is 55.1 Å². The summed E-state index contributed by atoms with van der Waals surface area (Å²) < 4.78 is 6.49. The van der Waals surface area contributed by atoms with Crippen LogP contribution in [0.5, 0.6) is 0 Å². The second-order valence-corrected chi connectivity index (χ2v) is 6.81. The first-order chi connectivity index (χ1) is 13.1. The predicted octanol–water partition coefficient (Wildman–Crippen LogP) is 3.98. The van der Waals surface area contributed by atoms with Crippen molar-refractivity contribution in [2.45, 2.75) is 13.8 Å². The largest absolute Gasteiger partial charge is 0.335 e. The molecule has 0 aliphatic carbocycles. The Balaban J connectivity index is 0.00000192. The van der Waals surface area contributed by atoms with Crippen LogP contribution in [-0.2, 0) is 39.8 Å². The summed E-state index contributed by atoms with van der Waals surface area (Å²) in [5, 5.41) is 0. The molecule has 0 aliphatic rings. The minimum absolute atomic E-state index is 0.